The van der Waals surface area contributed by atoms with Gasteiger partial charge >= 0.3 is 0 Å². The molecule has 124 valence electrons. The van der Waals surface area contributed by atoms with Gasteiger partial charge in [-0.1, -0.05) is 26.8 Å². The van der Waals surface area contributed by atoms with E-state index >= 15 is 0 Å². The number of carbonyl (C=O) groups excluding carboxylic acids is 1. The number of amides is 1. The SMILES string of the molecule is CNCC(C)C(=O)NCC(C)(C)c1ccc(OC)c(OC)c1. The van der Waals surface area contributed by atoms with Crippen molar-refractivity contribution in [3.63, 3.8) is 0 Å². The van der Waals surface area contributed by atoms with Crippen molar-refractivity contribution >= 4 is 5.91 Å². The Balaban J connectivity index is 2.79. The normalized spacial score (nSPS) is 12.6. The first-order valence-corrected chi connectivity index (χ1v) is 7.50. The van der Waals surface area contributed by atoms with Gasteiger partial charge in [-0.2, -0.15) is 0 Å². The van der Waals surface area contributed by atoms with Crippen LogP contribution in [0.4, 0.5) is 0 Å². The van der Waals surface area contributed by atoms with Gasteiger partial charge in [-0.05, 0) is 24.7 Å². The Bertz CT molecular complexity index is 501. The molecule has 1 atom stereocenters. The summed E-state index contributed by atoms with van der Waals surface area (Å²) in [6.07, 6.45) is 0. The van der Waals surface area contributed by atoms with Crippen molar-refractivity contribution in [2.75, 3.05) is 34.4 Å². The molecular weight excluding hydrogens is 280 g/mol. The lowest BCUT2D eigenvalue weighted by Gasteiger charge is -2.27. The Morgan fingerprint density at radius 1 is 1.23 bits per heavy atom. The Morgan fingerprint density at radius 2 is 1.86 bits per heavy atom. The number of benzene rings is 1. The summed E-state index contributed by atoms with van der Waals surface area (Å²) in [5, 5.41) is 6.03. The third kappa shape index (κ3) is 4.63. The van der Waals surface area contributed by atoms with Gasteiger partial charge in [0.05, 0.1) is 14.2 Å². The Kier molecular flexibility index (Phi) is 6.68. The lowest BCUT2D eigenvalue weighted by molar-refractivity contribution is -0.124. The van der Waals surface area contributed by atoms with Gasteiger partial charge in [0.25, 0.3) is 0 Å². The quantitative estimate of drug-likeness (QED) is 0.771. The maximum Gasteiger partial charge on any atom is 0.224 e. The summed E-state index contributed by atoms with van der Waals surface area (Å²) in [5.41, 5.74) is 0.890. The molecule has 1 rings (SSSR count). The van der Waals surface area contributed by atoms with Crippen LogP contribution in [0.2, 0.25) is 0 Å². The predicted molar refractivity (Wildman–Crippen MR) is 88.7 cm³/mol. The number of rotatable bonds is 8. The maximum absolute atomic E-state index is 12.0. The van der Waals surface area contributed by atoms with E-state index in [0.29, 0.717) is 24.6 Å². The Labute approximate surface area is 133 Å². The second-order valence-electron chi connectivity index (χ2n) is 6.13. The standard InChI is InChI=1S/C17H28N2O3/c1-12(10-18-4)16(20)19-11-17(2,3)13-7-8-14(21-5)15(9-13)22-6/h7-9,12,18H,10-11H2,1-6H3,(H,19,20). The molecule has 0 aromatic heterocycles. The van der Waals surface area contributed by atoms with Gasteiger partial charge in [-0.15, -0.1) is 0 Å². The molecule has 0 radical (unpaired) electrons. The zero-order valence-corrected chi connectivity index (χ0v) is 14.4. The van der Waals surface area contributed by atoms with Crippen molar-refractivity contribution in [3.05, 3.63) is 23.8 Å². The van der Waals surface area contributed by atoms with Crippen LogP contribution < -0.4 is 20.1 Å². The number of nitrogens with one attached hydrogen (secondary N) is 2. The minimum absolute atomic E-state index is 0.0498. The van der Waals surface area contributed by atoms with Crippen LogP contribution in [0.1, 0.15) is 26.3 Å². The molecule has 1 unspecified atom stereocenters. The van der Waals surface area contributed by atoms with Crippen LogP contribution in [-0.4, -0.2) is 40.3 Å². The fourth-order valence-corrected chi connectivity index (χ4v) is 2.24. The van der Waals surface area contributed by atoms with Gasteiger partial charge in [0, 0.05) is 24.4 Å². The van der Waals surface area contributed by atoms with E-state index in [-0.39, 0.29) is 17.2 Å². The van der Waals surface area contributed by atoms with Crippen molar-refractivity contribution in [1.29, 1.82) is 0 Å². The molecule has 5 nitrogen and oxygen atoms in total. The smallest absolute Gasteiger partial charge is 0.224 e. The molecular formula is C17H28N2O3. The summed E-state index contributed by atoms with van der Waals surface area (Å²) in [6, 6.07) is 5.86. The van der Waals surface area contributed by atoms with Crippen LogP contribution in [0.3, 0.4) is 0 Å². The minimum atomic E-state index is -0.200. The lowest BCUT2D eigenvalue weighted by atomic mass is 9.84. The van der Waals surface area contributed by atoms with E-state index in [0.717, 1.165) is 5.56 Å². The highest BCUT2D eigenvalue weighted by atomic mass is 16.5. The third-order valence-electron chi connectivity index (χ3n) is 3.83. The molecule has 0 saturated carbocycles. The van der Waals surface area contributed by atoms with E-state index in [1.165, 1.54) is 0 Å². The summed E-state index contributed by atoms with van der Waals surface area (Å²) < 4.78 is 10.6. The number of carbonyl (C=O) groups is 1. The zero-order chi connectivity index (χ0) is 16.8. The number of hydrogen-bond donors (Lipinski definition) is 2. The number of methoxy groups -OCH3 is 2. The highest BCUT2D eigenvalue weighted by Gasteiger charge is 2.24. The zero-order valence-electron chi connectivity index (χ0n) is 14.4. The van der Waals surface area contributed by atoms with Crippen molar-refractivity contribution in [2.24, 2.45) is 5.92 Å². The van der Waals surface area contributed by atoms with Gasteiger partial charge in [0.1, 0.15) is 0 Å². The van der Waals surface area contributed by atoms with Crippen LogP contribution in [0.15, 0.2) is 18.2 Å². The van der Waals surface area contributed by atoms with Crippen LogP contribution in [0.25, 0.3) is 0 Å². The van der Waals surface area contributed by atoms with E-state index in [9.17, 15) is 4.79 Å². The summed E-state index contributed by atoms with van der Waals surface area (Å²) >= 11 is 0. The fourth-order valence-electron chi connectivity index (χ4n) is 2.24. The molecule has 0 bridgehead atoms. The number of ether oxygens (including phenoxy) is 2. The molecule has 22 heavy (non-hydrogen) atoms. The van der Waals surface area contributed by atoms with Gasteiger partial charge in [0.15, 0.2) is 11.5 Å². The summed E-state index contributed by atoms with van der Waals surface area (Å²) in [6.45, 7) is 7.34. The first-order valence-electron chi connectivity index (χ1n) is 7.50. The third-order valence-corrected chi connectivity index (χ3v) is 3.83. The van der Waals surface area contributed by atoms with Crippen LogP contribution in [-0.2, 0) is 10.2 Å². The molecule has 2 N–H and O–H groups in total. The van der Waals surface area contributed by atoms with E-state index < -0.39 is 0 Å². The summed E-state index contributed by atoms with van der Waals surface area (Å²) in [4.78, 5) is 12.0. The second-order valence-corrected chi connectivity index (χ2v) is 6.13. The van der Waals surface area contributed by atoms with Crippen LogP contribution in [0, 0.1) is 5.92 Å². The first-order chi connectivity index (χ1) is 10.4. The van der Waals surface area contributed by atoms with Crippen LogP contribution >= 0.6 is 0 Å². The molecule has 5 heteroatoms. The molecule has 0 fully saturated rings. The van der Waals surface area contributed by atoms with Gasteiger partial charge in [-0.3, -0.25) is 4.79 Å². The monoisotopic (exact) mass is 308 g/mol. The molecule has 0 spiro atoms. The van der Waals surface area contributed by atoms with Gasteiger partial charge < -0.3 is 20.1 Å². The largest absolute Gasteiger partial charge is 0.493 e. The van der Waals surface area contributed by atoms with Crippen molar-refractivity contribution in [3.8, 4) is 11.5 Å². The van der Waals surface area contributed by atoms with Crippen molar-refractivity contribution in [1.82, 2.24) is 10.6 Å². The Morgan fingerprint density at radius 3 is 2.41 bits per heavy atom. The summed E-state index contributed by atoms with van der Waals surface area (Å²) in [7, 11) is 5.08. The second kappa shape index (κ2) is 8.03. The molecule has 0 aliphatic carbocycles. The highest BCUT2D eigenvalue weighted by molar-refractivity contribution is 5.78. The van der Waals surface area contributed by atoms with Crippen LogP contribution in [0.5, 0.6) is 11.5 Å². The maximum atomic E-state index is 12.0. The predicted octanol–water partition coefficient (Wildman–Crippen LogP) is 1.95. The Hall–Kier alpha value is -1.75. The van der Waals surface area contributed by atoms with E-state index in [1.54, 1.807) is 14.2 Å². The first kappa shape index (κ1) is 18.3. The fraction of sp³-hybridized carbons (Fsp3) is 0.588. The molecule has 1 aromatic carbocycles. The summed E-state index contributed by atoms with van der Waals surface area (Å²) in [5.74, 6) is 1.41. The average Bonchev–Trinajstić information content (AvgIpc) is 2.52. The van der Waals surface area contributed by atoms with Crippen molar-refractivity contribution < 1.29 is 14.3 Å². The topological polar surface area (TPSA) is 59.6 Å². The molecule has 0 saturated heterocycles. The van der Waals surface area contributed by atoms with E-state index in [4.69, 9.17) is 9.47 Å². The average molecular weight is 308 g/mol. The highest BCUT2D eigenvalue weighted by Crippen LogP contribution is 2.32. The molecule has 0 heterocycles. The molecule has 1 aromatic rings. The molecule has 1 amide bonds. The van der Waals surface area contributed by atoms with Gasteiger partial charge in [-0.25, -0.2) is 0 Å². The molecule has 0 aliphatic heterocycles. The van der Waals surface area contributed by atoms with Crippen molar-refractivity contribution in [2.45, 2.75) is 26.2 Å². The minimum Gasteiger partial charge on any atom is -0.493 e. The van der Waals surface area contributed by atoms with E-state index in [2.05, 4.69) is 24.5 Å². The molecule has 0 aliphatic rings. The number of hydrogen-bond acceptors (Lipinski definition) is 4. The van der Waals surface area contributed by atoms with Gasteiger partial charge in [0.2, 0.25) is 5.91 Å². The lowest BCUT2D eigenvalue weighted by Crippen LogP contribution is -2.41. The van der Waals surface area contributed by atoms with E-state index in [1.807, 2.05) is 32.2 Å².